The lowest BCUT2D eigenvalue weighted by atomic mass is 9.96. The third-order valence-corrected chi connectivity index (χ3v) is 6.24. The molecule has 2 aliphatic rings. The Morgan fingerprint density at radius 2 is 1.93 bits per heavy atom. The van der Waals surface area contributed by atoms with Crippen molar-refractivity contribution in [3.05, 3.63) is 34.9 Å². The van der Waals surface area contributed by atoms with Gasteiger partial charge in [0.1, 0.15) is 5.75 Å². The van der Waals surface area contributed by atoms with Crippen LogP contribution >= 0.6 is 24.2 Å². The van der Waals surface area contributed by atoms with Crippen LogP contribution in [0.2, 0.25) is 0 Å². The van der Waals surface area contributed by atoms with E-state index in [4.69, 9.17) is 15.6 Å². The number of amides is 1. The first-order valence-corrected chi connectivity index (χ1v) is 9.47. The van der Waals surface area contributed by atoms with Crippen LogP contribution in [0.15, 0.2) is 34.9 Å². The van der Waals surface area contributed by atoms with Gasteiger partial charge in [-0.2, -0.15) is 0 Å². The number of allylic oxidation sites excluding steroid dienone is 1. The van der Waals surface area contributed by atoms with Crippen molar-refractivity contribution < 1.29 is 19.4 Å². The zero-order chi connectivity index (χ0) is 18.7. The van der Waals surface area contributed by atoms with Crippen LogP contribution in [0, 0.1) is 5.92 Å². The summed E-state index contributed by atoms with van der Waals surface area (Å²) in [6, 6.07) is 7.27. The summed E-state index contributed by atoms with van der Waals surface area (Å²) in [5.74, 6) is -0.453. The molecule has 1 aromatic carbocycles. The lowest BCUT2D eigenvalue weighted by Gasteiger charge is -2.35. The molecule has 148 valence electrons. The molecule has 1 amide bonds. The zero-order valence-corrected chi connectivity index (χ0v) is 16.6. The maximum absolute atomic E-state index is 11.8. The number of benzene rings is 1. The fraction of sp³-hybridized carbons (Fsp3) is 0.444. The molecule has 9 heteroatoms. The summed E-state index contributed by atoms with van der Waals surface area (Å²) in [7, 11) is 0. The Hall–Kier alpha value is -1.90. The molecule has 1 fully saturated rings. The number of piperidine rings is 1. The van der Waals surface area contributed by atoms with Crippen molar-refractivity contribution in [2.24, 2.45) is 11.7 Å². The highest BCUT2D eigenvalue weighted by Crippen LogP contribution is 2.46. The Morgan fingerprint density at radius 3 is 2.48 bits per heavy atom. The minimum atomic E-state index is -1.01. The van der Waals surface area contributed by atoms with E-state index in [9.17, 15) is 9.59 Å². The van der Waals surface area contributed by atoms with Gasteiger partial charge in [0.25, 0.3) is 5.91 Å². The summed E-state index contributed by atoms with van der Waals surface area (Å²) in [4.78, 5) is 25.2. The molecule has 0 spiro atoms. The number of nitrogens with one attached hydrogen (secondary N) is 1. The van der Waals surface area contributed by atoms with Gasteiger partial charge < -0.3 is 25.8 Å². The Balaban J connectivity index is 0.00000261. The first kappa shape index (κ1) is 21.4. The first-order chi connectivity index (χ1) is 12.5. The number of thioether (sulfide) groups is 1. The number of hydrogen-bond acceptors (Lipinski definition) is 6. The van der Waals surface area contributed by atoms with Crippen LogP contribution in [0.3, 0.4) is 0 Å². The van der Waals surface area contributed by atoms with E-state index < -0.39 is 11.9 Å². The highest BCUT2D eigenvalue weighted by Gasteiger charge is 2.38. The molecular formula is C18H24ClN3O4S. The van der Waals surface area contributed by atoms with Crippen LogP contribution in [-0.2, 0) is 9.59 Å². The average Bonchev–Trinajstić information content (AvgIpc) is 2.98. The number of halogens is 1. The monoisotopic (exact) mass is 413 g/mol. The summed E-state index contributed by atoms with van der Waals surface area (Å²) in [5, 5.41) is 12.2. The van der Waals surface area contributed by atoms with Gasteiger partial charge in [0, 0.05) is 11.4 Å². The number of aliphatic carboxylic acids is 1. The van der Waals surface area contributed by atoms with E-state index >= 15 is 0 Å². The minimum absolute atomic E-state index is 0. The number of anilines is 1. The largest absolute Gasteiger partial charge is 0.482 e. The van der Waals surface area contributed by atoms with E-state index in [2.05, 4.69) is 10.2 Å². The van der Waals surface area contributed by atoms with Crippen molar-refractivity contribution >= 4 is 41.7 Å². The van der Waals surface area contributed by atoms with E-state index in [1.54, 1.807) is 23.9 Å². The second-order valence-corrected chi connectivity index (χ2v) is 7.55. The van der Waals surface area contributed by atoms with Gasteiger partial charge in [0.05, 0.1) is 10.3 Å². The van der Waals surface area contributed by atoms with Gasteiger partial charge in [-0.15, -0.1) is 12.4 Å². The van der Waals surface area contributed by atoms with Crippen LogP contribution < -0.4 is 20.7 Å². The fourth-order valence-electron chi connectivity index (χ4n) is 3.42. The van der Waals surface area contributed by atoms with E-state index in [0.717, 1.165) is 37.3 Å². The van der Waals surface area contributed by atoms with Crippen LogP contribution in [0.25, 0.3) is 0 Å². The maximum Gasteiger partial charge on any atom is 0.341 e. The molecule has 3 rings (SSSR count). The summed E-state index contributed by atoms with van der Waals surface area (Å²) < 4.78 is 5.20. The molecule has 4 N–H and O–H groups in total. The van der Waals surface area contributed by atoms with E-state index in [0.29, 0.717) is 16.6 Å². The number of carboxylic acids is 1. The van der Waals surface area contributed by atoms with Gasteiger partial charge in [-0.25, -0.2) is 4.79 Å². The quantitative estimate of drug-likeness (QED) is 0.656. The summed E-state index contributed by atoms with van der Waals surface area (Å²) >= 11 is 1.55. The normalized spacial score (nSPS) is 20.3. The van der Waals surface area contributed by atoms with Crippen molar-refractivity contribution in [2.45, 2.75) is 25.1 Å². The molecule has 0 aliphatic carbocycles. The number of primary amides is 1. The molecule has 27 heavy (non-hydrogen) atoms. The molecule has 1 aromatic rings. The Bertz CT molecular complexity index is 720. The van der Waals surface area contributed by atoms with Crippen molar-refractivity contribution in [1.29, 1.82) is 0 Å². The number of nitrogens with zero attached hydrogens (tertiary/aromatic N) is 1. The zero-order valence-electron chi connectivity index (χ0n) is 15.0. The van der Waals surface area contributed by atoms with Crippen molar-refractivity contribution in [3.8, 4) is 5.75 Å². The number of ether oxygens (including phenoxy) is 1. The lowest BCUT2D eigenvalue weighted by Crippen LogP contribution is -2.40. The lowest BCUT2D eigenvalue weighted by molar-refractivity contribution is -0.139. The molecule has 1 unspecified atom stereocenters. The fourth-order valence-corrected chi connectivity index (χ4v) is 4.90. The number of carboxylic acid groups (broad SMARTS) is 1. The third-order valence-electron chi connectivity index (χ3n) is 4.67. The van der Waals surface area contributed by atoms with Crippen LogP contribution in [-0.4, -0.2) is 42.1 Å². The smallest absolute Gasteiger partial charge is 0.341 e. The molecule has 0 saturated carbocycles. The Morgan fingerprint density at radius 1 is 1.30 bits per heavy atom. The van der Waals surface area contributed by atoms with Gasteiger partial charge in [0.2, 0.25) is 0 Å². The second-order valence-electron chi connectivity index (χ2n) is 6.42. The number of hydrogen-bond donors (Lipinski definition) is 3. The molecule has 2 heterocycles. The van der Waals surface area contributed by atoms with Crippen molar-refractivity contribution in [1.82, 2.24) is 5.32 Å². The highest BCUT2D eigenvalue weighted by atomic mass is 35.5. The second kappa shape index (κ2) is 9.34. The SMILES string of the molecule is CC1=C(C(N)=O)SC(C2CCNCC2)N1c1ccc(OCC(=O)O)cc1.Cl. The summed E-state index contributed by atoms with van der Waals surface area (Å²) in [5.41, 5.74) is 7.39. The van der Waals surface area contributed by atoms with Crippen LogP contribution in [0.1, 0.15) is 19.8 Å². The van der Waals surface area contributed by atoms with E-state index in [-0.39, 0.29) is 24.4 Å². The predicted molar refractivity (Wildman–Crippen MR) is 108 cm³/mol. The van der Waals surface area contributed by atoms with Crippen LogP contribution in [0.5, 0.6) is 5.75 Å². The van der Waals surface area contributed by atoms with Crippen molar-refractivity contribution in [2.75, 3.05) is 24.6 Å². The number of nitrogens with two attached hydrogens (primary N) is 1. The topological polar surface area (TPSA) is 105 Å². The summed E-state index contributed by atoms with van der Waals surface area (Å²) in [6.07, 6.45) is 2.10. The van der Waals surface area contributed by atoms with Crippen molar-refractivity contribution in [3.63, 3.8) is 0 Å². The number of carbonyl (C=O) groups excluding carboxylic acids is 1. The summed E-state index contributed by atoms with van der Waals surface area (Å²) in [6.45, 7) is 3.50. The molecule has 0 bridgehead atoms. The molecular weight excluding hydrogens is 390 g/mol. The van der Waals surface area contributed by atoms with Gasteiger partial charge in [-0.05, 0) is 63.0 Å². The van der Waals surface area contributed by atoms with Gasteiger partial charge in [-0.1, -0.05) is 11.8 Å². The standard InChI is InChI=1S/C18H23N3O4S.ClH/c1-11-16(17(19)24)26-18(12-6-8-20-9-7-12)21(11)13-2-4-14(5-3-13)25-10-15(22)23;/h2-5,12,18,20H,6-10H2,1H3,(H2,19,24)(H,22,23);1H. The number of carbonyl (C=O) groups is 2. The van der Waals surface area contributed by atoms with Gasteiger partial charge >= 0.3 is 5.97 Å². The molecule has 1 atom stereocenters. The molecule has 7 nitrogen and oxygen atoms in total. The molecule has 0 aromatic heterocycles. The Kier molecular flexibility index (Phi) is 7.41. The molecule has 1 saturated heterocycles. The maximum atomic E-state index is 11.8. The average molecular weight is 414 g/mol. The molecule has 2 aliphatic heterocycles. The van der Waals surface area contributed by atoms with Gasteiger partial charge in [0.15, 0.2) is 6.61 Å². The predicted octanol–water partition coefficient (Wildman–Crippen LogP) is 2.17. The highest BCUT2D eigenvalue weighted by molar-refractivity contribution is 8.05. The Labute approximate surface area is 168 Å². The number of rotatable bonds is 6. The van der Waals surface area contributed by atoms with E-state index in [1.807, 2.05) is 19.1 Å². The van der Waals surface area contributed by atoms with Gasteiger partial charge in [-0.3, -0.25) is 4.79 Å². The molecule has 0 radical (unpaired) electrons. The van der Waals surface area contributed by atoms with E-state index in [1.165, 1.54) is 0 Å². The van der Waals surface area contributed by atoms with Crippen LogP contribution in [0.4, 0.5) is 5.69 Å². The first-order valence-electron chi connectivity index (χ1n) is 8.59. The third kappa shape index (κ3) is 4.88. The minimum Gasteiger partial charge on any atom is -0.482 e.